The Kier molecular flexibility index (Phi) is 8.85. The molecule has 2 fully saturated rings. The van der Waals surface area contributed by atoms with Crippen molar-refractivity contribution in [3.05, 3.63) is 0 Å². The average molecular weight is 430 g/mol. The zero-order valence-corrected chi connectivity index (χ0v) is 18.5. The summed E-state index contributed by atoms with van der Waals surface area (Å²) in [5.41, 5.74) is -1.48. The molecule has 3 N–H and O–H groups in total. The fraction of sp³-hybridized carbons (Fsp3) is 1.00. The lowest BCUT2D eigenvalue weighted by atomic mass is 9.83. The molecule has 0 amide bonds. The molecule has 2 saturated carbocycles. The van der Waals surface area contributed by atoms with Gasteiger partial charge in [-0.25, -0.2) is 4.57 Å². The van der Waals surface area contributed by atoms with Crippen LogP contribution in [0.5, 0.6) is 0 Å². The fourth-order valence-corrected chi connectivity index (χ4v) is 5.00. The Morgan fingerprint density at radius 1 is 1.17 bits per heavy atom. The largest absolute Gasteiger partial charge is 0.472 e. The van der Waals surface area contributed by atoms with Gasteiger partial charge in [-0.15, -0.1) is 0 Å². The molecular formula is C18H33B2O8P. The predicted octanol–water partition coefficient (Wildman–Crippen LogP) is 1.53. The summed E-state index contributed by atoms with van der Waals surface area (Å²) in [6, 6.07) is 0. The molecule has 29 heavy (non-hydrogen) atoms. The van der Waals surface area contributed by atoms with Crippen LogP contribution in [-0.2, 0) is 23.1 Å². The number of ether oxygens (including phenoxy) is 2. The summed E-state index contributed by atoms with van der Waals surface area (Å²) in [7, 11) is 7.30. The molecule has 2 aliphatic carbocycles. The van der Waals surface area contributed by atoms with E-state index in [0.29, 0.717) is 6.42 Å². The minimum atomic E-state index is -4.53. The van der Waals surface area contributed by atoms with Crippen LogP contribution in [0.4, 0.5) is 0 Å². The van der Waals surface area contributed by atoms with Gasteiger partial charge < -0.3 is 24.6 Å². The lowest BCUT2D eigenvalue weighted by molar-refractivity contribution is -0.114. The quantitative estimate of drug-likeness (QED) is 0.353. The first kappa shape index (κ1) is 25.3. The monoisotopic (exact) mass is 430 g/mol. The van der Waals surface area contributed by atoms with Gasteiger partial charge >= 0.3 is 7.82 Å². The van der Waals surface area contributed by atoms with E-state index in [1.807, 2.05) is 27.7 Å². The maximum absolute atomic E-state index is 12.5. The van der Waals surface area contributed by atoms with Crippen LogP contribution >= 0.6 is 7.82 Å². The predicted molar refractivity (Wildman–Crippen MR) is 109 cm³/mol. The molecule has 4 radical (unpaired) electrons. The molecule has 2 rings (SSSR count). The normalized spacial score (nSPS) is 40.0. The van der Waals surface area contributed by atoms with Gasteiger partial charge in [-0.1, -0.05) is 5.82 Å². The molecule has 0 bridgehead atoms. The Morgan fingerprint density at radius 2 is 1.83 bits per heavy atom. The van der Waals surface area contributed by atoms with E-state index < -0.39 is 43.5 Å². The molecule has 0 aliphatic heterocycles. The first-order chi connectivity index (χ1) is 13.3. The first-order valence-corrected chi connectivity index (χ1v) is 11.7. The van der Waals surface area contributed by atoms with Gasteiger partial charge in [0.1, 0.15) is 5.60 Å². The van der Waals surface area contributed by atoms with Crippen LogP contribution < -0.4 is 0 Å². The Morgan fingerprint density at radius 3 is 2.41 bits per heavy atom. The van der Waals surface area contributed by atoms with Gasteiger partial charge in [-0.05, 0) is 52.8 Å². The number of aliphatic hydroxyl groups is 2. The summed E-state index contributed by atoms with van der Waals surface area (Å²) in [4.78, 5) is 10.2. The number of aliphatic hydroxyl groups excluding tert-OH is 1. The third-order valence-electron chi connectivity index (χ3n) is 5.40. The Bertz CT molecular complexity index is 578. The summed E-state index contributed by atoms with van der Waals surface area (Å²) in [5, 5.41) is 21.1. The number of phosphoric ester groups is 1. The minimum Gasteiger partial charge on any atom is -0.393 e. The lowest BCUT2D eigenvalue weighted by Gasteiger charge is -2.32. The van der Waals surface area contributed by atoms with E-state index in [2.05, 4.69) is 0 Å². The molecular weight excluding hydrogens is 397 g/mol. The Labute approximate surface area is 176 Å². The lowest BCUT2D eigenvalue weighted by Crippen LogP contribution is -2.44. The van der Waals surface area contributed by atoms with Crippen molar-refractivity contribution >= 4 is 23.5 Å². The standard InChI is InChI=1S/C18H33B2O8P/c1-10(2)25-9-18(22)7-12(19)5-16(18)28-29(23,24)26-8-13-15(27-11(3)4)6-14(20)17(13)21/h10-17,21-22H,5-9H2,1-4H3,(H,23,24)/t12-,13+,14-,15?,16?,17?,18-/m0/s1. The number of phosphoric acid groups is 1. The summed E-state index contributed by atoms with van der Waals surface area (Å²) in [6.07, 6.45) is -1.73. The van der Waals surface area contributed by atoms with E-state index in [1.165, 1.54) is 0 Å². The minimum absolute atomic E-state index is 0.0659. The summed E-state index contributed by atoms with van der Waals surface area (Å²) in [5.74, 6) is -1.46. The topological polar surface area (TPSA) is 115 Å². The summed E-state index contributed by atoms with van der Waals surface area (Å²) < 4.78 is 34.2. The van der Waals surface area contributed by atoms with Crippen molar-refractivity contribution in [2.45, 2.75) is 94.7 Å². The smallest absolute Gasteiger partial charge is 0.393 e. The highest BCUT2D eigenvalue weighted by Gasteiger charge is 2.49. The van der Waals surface area contributed by atoms with Crippen molar-refractivity contribution in [2.24, 2.45) is 5.92 Å². The average Bonchev–Trinajstić information content (AvgIpc) is 2.99. The highest BCUT2D eigenvalue weighted by atomic mass is 31.2. The van der Waals surface area contributed by atoms with Crippen molar-refractivity contribution in [1.29, 1.82) is 0 Å². The third-order valence-corrected chi connectivity index (χ3v) is 6.39. The highest BCUT2D eigenvalue weighted by molar-refractivity contribution is 7.47. The molecule has 0 heterocycles. The van der Waals surface area contributed by atoms with Crippen molar-refractivity contribution in [3.8, 4) is 0 Å². The van der Waals surface area contributed by atoms with Crippen LogP contribution in [-0.4, -0.2) is 80.1 Å². The SMILES string of the molecule is [B][C@H]1CC(OP(=O)(O)OC[C@@H]2C(OC(C)C)C[C@H]([B])C2O)[C@@](O)(COC(C)C)C1. The van der Waals surface area contributed by atoms with Gasteiger partial charge in [0.2, 0.25) is 0 Å². The van der Waals surface area contributed by atoms with E-state index in [1.54, 1.807) is 0 Å². The second kappa shape index (κ2) is 10.1. The van der Waals surface area contributed by atoms with Crippen molar-refractivity contribution < 1.29 is 38.2 Å². The Hall–Kier alpha value is 0.0799. The maximum Gasteiger partial charge on any atom is 0.472 e. The van der Waals surface area contributed by atoms with Crippen molar-refractivity contribution in [3.63, 3.8) is 0 Å². The van der Waals surface area contributed by atoms with E-state index in [-0.39, 0.29) is 44.1 Å². The van der Waals surface area contributed by atoms with Crippen molar-refractivity contribution in [2.75, 3.05) is 13.2 Å². The van der Waals surface area contributed by atoms with Gasteiger partial charge in [-0.2, -0.15) is 0 Å². The third kappa shape index (κ3) is 7.04. The van der Waals surface area contributed by atoms with Crippen LogP contribution in [0.3, 0.4) is 0 Å². The second-order valence-electron chi connectivity index (χ2n) is 8.80. The van der Waals surface area contributed by atoms with Crippen LogP contribution in [0.2, 0.25) is 11.6 Å². The fourth-order valence-electron chi connectivity index (χ4n) is 3.97. The second-order valence-corrected chi connectivity index (χ2v) is 10.2. The zero-order chi connectivity index (χ0) is 22.0. The van der Waals surface area contributed by atoms with Crippen LogP contribution in [0.1, 0.15) is 47.0 Å². The number of hydrogen-bond acceptors (Lipinski definition) is 7. The highest BCUT2D eigenvalue weighted by Crippen LogP contribution is 2.52. The molecule has 0 spiro atoms. The first-order valence-electron chi connectivity index (χ1n) is 10.2. The Balaban J connectivity index is 1.98. The zero-order valence-electron chi connectivity index (χ0n) is 17.6. The molecule has 2 aliphatic rings. The molecule has 11 heteroatoms. The molecule has 164 valence electrons. The summed E-state index contributed by atoms with van der Waals surface area (Å²) >= 11 is 0. The summed E-state index contributed by atoms with van der Waals surface area (Å²) in [6.45, 7) is 7.03. The van der Waals surface area contributed by atoms with Gasteiger partial charge in [-0.3, -0.25) is 9.05 Å². The van der Waals surface area contributed by atoms with Gasteiger partial charge in [0.15, 0.2) is 0 Å². The maximum atomic E-state index is 12.5. The van der Waals surface area contributed by atoms with Crippen molar-refractivity contribution in [1.82, 2.24) is 0 Å². The number of rotatable bonds is 10. The van der Waals surface area contributed by atoms with Gasteiger partial charge in [0.25, 0.3) is 0 Å². The van der Waals surface area contributed by atoms with E-state index in [9.17, 15) is 19.7 Å². The van der Waals surface area contributed by atoms with Crippen LogP contribution in [0.15, 0.2) is 0 Å². The molecule has 0 aromatic carbocycles. The van der Waals surface area contributed by atoms with Gasteiger partial charge in [0, 0.05) is 5.92 Å². The van der Waals surface area contributed by atoms with E-state index in [4.69, 9.17) is 34.2 Å². The molecule has 4 unspecified atom stereocenters. The van der Waals surface area contributed by atoms with Gasteiger partial charge in [0.05, 0.1) is 59.4 Å². The molecule has 0 aromatic rings. The van der Waals surface area contributed by atoms with Crippen LogP contribution in [0.25, 0.3) is 0 Å². The van der Waals surface area contributed by atoms with E-state index >= 15 is 0 Å². The number of hydrogen-bond donors (Lipinski definition) is 3. The molecule has 8 atom stereocenters. The molecule has 0 saturated heterocycles. The van der Waals surface area contributed by atoms with E-state index in [0.717, 1.165) is 0 Å². The molecule has 8 nitrogen and oxygen atoms in total. The van der Waals surface area contributed by atoms with Crippen LogP contribution in [0, 0.1) is 5.92 Å². The molecule has 0 aromatic heterocycles.